The Hall–Kier alpha value is -0.880. The average molecular weight is 259 g/mol. The molecule has 0 aliphatic carbocycles. The van der Waals surface area contributed by atoms with Gasteiger partial charge in [0.15, 0.2) is 9.84 Å². The van der Waals surface area contributed by atoms with Crippen molar-refractivity contribution in [3.63, 3.8) is 0 Å². The van der Waals surface area contributed by atoms with Crippen molar-refractivity contribution in [1.29, 1.82) is 0 Å². The highest BCUT2D eigenvalue weighted by molar-refractivity contribution is 7.91. The minimum Gasteiger partial charge on any atom is -0.337 e. The van der Waals surface area contributed by atoms with E-state index in [2.05, 4.69) is 0 Å². The number of carbonyl (C=O) groups excluding carboxylic acids is 1. The number of sulfone groups is 1. The molecule has 88 valence electrons. The molecule has 1 atom stereocenters. The number of hydrogen-bond donors (Lipinski definition) is 0. The Labute approximate surface area is 98.8 Å². The third-order valence-electron chi connectivity index (χ3n) is 2.81. The highest BCUT2D eigenvalue weighted by atomic mass is 32.2. The van der Waals surface area contributed by atoms with Gasteiger partial charge in [-0.15, -0.1) is 11.3 Å². The van der Waals surface area contributed by atoms with Gasteiger partial charge in [-0.05, 0) is 17.9 Å². The van der Waals surface area contributed by atoms with Crippen LogP contribution in [0, 0.1) is 0 Å². The smallest absolute Gasteiger partial charge is 0.263 e. The van der Waals surface area contributed by atoms with Crippen molar-refractivity contribution in [3.8, 4) is 0 Å². The summed E-state index contributed by atoms with van der Waals surface area (Å²) in [6, 6.07) is 3.41. The van der Waals surface area contributed by atoms with Crippen LogP contribution in [0.4, 0.5) is 0 Å². The van der Waals surface area contributed by atoms with Crippen molar-refractivity contribution in [1.82, 2.24) is 4.90 Å². The van der Waals surface area contributed by atoms with Gasteiger partial charge in [-0.2, -0.15) is 0 Å². The van der Waals surface area contributed by atoms with Crippen molar-refractivity contribution < 1.29 is 13.2 Å². The van der Waals surface area contributed by atoms with Crippen LogP contribution >= 0.6 is 11.3 Å². The fourth-order valence-corrected chi connectivity index (χ4v) is 4.30. The Bertz CT molecular complexity index is 478. The molecule has 0 bridgehead atoms. The number of amides is 1. The Kier molecular flexibility index (Phi) is 3.03. The first-order valence-electron chi connectivity index (χ1n) is 5.01. The molecule has 1 aliphatic heterocycles. The van der Waals surface area contributed by atoms with Crippen LogP contribution < -0.4 is 0 Å². The number of rotatable bonds is 2. The molecule has 0 N–H and O–H groups in total. The molecule has 0 saturated carbocycles. The van der Waals surface area contributed by atoms with E-state index in [1.54, 1.807) is 18.0 Å². The average Bonchev–Trinajstić information content (AvgIpc) is 2.84. The molecule has 2 heterocycles. The summed E-state index contributed by atoms with van der Waals surface area (Å²) in [5.74, 6) is 0.206. The first-order valence-corrected chi connectivity index (χ1v) is 7.71. The van der Waals surface area contributed by atoms with E-state index < -0.39 is 9.84 Å². The first-order chi connectivity index (χ1) is 7.49. The van der Waals surface area contributed by atoms with E-state index in [9.17, 15) is 13.2 Å². The third kappa shape index (κ3) is 2.27. The van der Waals surface area contributed by atoms with Crippen LogP contribution in [0.3, 0.4) is 0 Å². The van der Waals surface area contributed by atoms with E-state index in [0.717, 1.165) is 0 Å². The van der Waals surface area contributed by atoms with Crippen molar-refractivity contribution in [2.75, 3.05) is 18.6 Å². The maximum absolute atomic E-state index is 11.9. The van der Waals surface area contributed by atoms with E-state index in [0.29, 0.717) is 11.3 Å². The lowest BCUT2D eigenvalue weighted by Gasteiger charge is -2.22. The van der Waals surface area contributed by atoms with Crippen LogP contribution in [0.1, 0.15) is 16.1 Å². The van der Waals surface area contributed by atoms with Gasteiger partial charge in [0.2, 0.25) is 0 Å². The van der Waals surface area contributed by atoms with Crippen molar-refractivity contribution in [2.45, 2.75) is 12.5 Å². The fraction of sp³-hybridized carbons (Fsp3) is 0.500. The van der Waals surface area contributed by atoms with E-state index in [4.69, 9.17) is 0 Å². The van der Waals surface area contributed by atoms with Crippen molar-refractivity contribution in [3.05, 3.63) is 22.4 Å². The predicted octanol–water partition coefficient (Wildman–Crippen LogP) is 1.01. The molecular formula is C10H13NO3S2. The lowest BCUT2D eigenvalue weighted by atomic mass is 10.2. The molecule has 16 heavy (non-hydrogen) atoms. The predicted molar refractivity (Wildman–Crippen MR) is 63.5 cm³/mol. The zero-order valence-corrected chi connectivity index (χ0v) is 10.6. The van der Waals surface area contributed by atoms with Crippen LogP contribution in [-0.2, 0) is 9.84 Å². The van der Waals surface area contributed by atoms with Crippen LogP contribution in [0.25, 0.3) is 0 Å². The summed E-state index contributed by atoms with van der Waals surface area (Å²) in [5.41, 5.74) is 0. The van der Waals surface area contributed by atoms with Gasteiger partial charge in [0, 0.05) is 13.1 Å². The second-order valence-electron chi connectivity index (χ2n) is 3.95. The zero-order chi connectivity index (χ0) is 11.8. The molecule has 1 aromatic rings. The summed E-state index contributed by atoms with van der Waals surface area (Å²) in [5, 5.41) is 1.84. The van der Waals surface area contributed by atoms with Crippen LogP contribution in [0.5, 0.6) is 0 Å². The SMILES string of the molecule is CN(C(=O)c1cccs1)[C@@H]1CCS(=O)(=O)C1. The molecule has 1 amide bonds. The van der Waals surface area contributed by atoms with Gasteiger partial charge in [-0.25, -0.2) is 8.42 Å². The lowest BCUT2D eigenvalue weighted by Crippen LogP contribution is -2.37. The monoisotopic (exact) mass is 259 g/mol. The second-order valence-corrected chi connectivity index (χ2v) is 7.13. The maximum Gasteiger partial charge on any atom is 0.263 e. The standard InChI is InChI=1S/C10H13NO3S2/c1-11(8-4-6-16(13,14)7-8)10(12)9-3-2-5-15-9/h2-3,5,8H,4,6-7H2,1H3/t8-/m1/s1. The molecule has 1 saturated heterocycles. The number of hydrogen-bond acceptors (Lipinski definition) is 4. The minimum atomic E-state index is -2.93. The molecule has 0 unspecified atom stereocenters. The molecule has 1 fully saturated rings. The Morgan fingerprint density at radius 2 is 2.31 bits per heavy atom. The Morgan fingerprint density at radius 1 is 1.56 bits per heavy atom. The van der Waals surface area contributed by atoms with Gasteiger partial charge in [-0.3, -0.25) is 4.79 Å². The lowest BCUT2D eigenvalue weighted by molar-refractivity contribution is 0.0752. The molecule has 6 heteroatoms. The molecule has 0 spiro atoms. The highest BCUT2D eigenvalue weighted by Gasteiger charge is 2.33. The molecule has 0 radical (unpaired) electrons. The number of thiophene rings is 1. The van der Waals surface area contributed by atoms with E-state index >= 15 is 0 Å². The highest BCUT2D eigenvalue weighted by Crippen LogP contribution is 2.20. The van der Waals surface area contributed by atoms with Gasteiger partial charge >= 0.3 is 0 Å². The zero-order valence-electron chi connectivity index (χ0n) is 8.92. The van der Waals surface area contributed by atoms with Gasteiger partial charge in [-0.1, -0.05) is 6.07 Å². The molecular weight excluding hydrogens is 246 g/mol. The van der Waals surface area contributed by atoms with Crippen LogP contribution in [-0.4, -0.2) is 43.8 Å². The van der Waals surface area contributed by atoms with Crippen molar-refractivity contribution >= 4 is 27.1 Å². The fourth-order valence-electron chi connectivity index (χ4n) is 1.82. The number of carbonyl (C=O) groups is 1. The topological polar surface area (TPSA) is 54.5 Å². The Balaban J connectivity index is 2.09. The summed E-state index contributed by atoms with van der Waals surface area (Å²) >= 11 is 1.38. The summed E-state index contributed by atoms with van der Waals surface area (Å²) in [7, 11) is -1.26. The van der Waals surface area contributed by atoms with Crippen LogP contribution in [0.2, 0.25) is 0 Å². The van der Waals surface area contributed by atoms with Gasteiger partial charge < -0.3 is 4.90 Å². The van der Waals surface area contributed by atoms with E-state index in [1.807, 2.05) is 11.4 Å². The van der Waals surface area contributed by atoms with Gasteiger partial charge in [0.1, 0.15) is 0 Å². The minimum absolute atomic E-state index is 0.0860. The molecule has 4 nitrogen and oxygen atoms in total. The van der Waals surface area contributed by atoms with E-state index in [-0.39, 0.29) is 23.5 Å². The first kappa shape index (κ1) is 11.6. The Morgan fingerprint density at radius 3 is 2.81 bits per heavy atom. The van der Waals surface area contributed by atoms with Gasteiger partial charge in [0.25, 0.3) is 5.91 Å². The normalized spacial score (nSPS) is 23.2. The largest absolute Gasteiger partial charge is 0.337 e. The summed E-state index contributed by atoms with van der Waals surface area (Å²) in [6.07, 6.45) is 0.552. The molecule has 1 aliphatic rings. The van der Waals surface area contributed by atoms with E-state index in [1.165, 1.54) is 11.3 Å². The van der Waals surface area contributed by atoms with Gasteiger partial charge in [0.05, 0.1) is 16.4 Å². The quantitative estimate of drug-likeness (QED) is 0.796. The van der Waals surface area contributed by atoms with Crippen LogP contribution in [0.15, 0.2) is 17.5 Å². The third-order valence-corrected chi connectivity index (χ3v) is 5.42. The maximum atomic E-state index is 11.9. The summed E-state index contributed by atoms with van der Waals surface area (Å²) in [6.45, 7) is 0. The second kappa shape index (κ2) is 4.18. The number of nitrogens with zero attached hydrogens (tertiary/aromatic N) is 1. The van der Waals surface area contributed by atoms with Crippen molar-refractivity contribution in [2.24, 2.45) is 0 Å². The summed E-state index contributed by atoms with van der Waals surface area (Å²) < 4.78 is 22.6. The molecule has 2 rings (SSSR count). The molecule has 0 aromatic carbocycles. The summed E-state index contributed by atoms with van der Waals surface area (Å²) in [4.78, 5) is 14.2. The molecule has 1 aromatic heterocycles.